The van der Waals surface area contributed by atoms with E-state index in [0.717, 1.165) is 16.8 Å². The van der Waals surface area contributed by atoms with Gasteiger partial charge in [0.2, 0.25) is 5.91 Å². The molecule has 0 atom stereocenters. The Morgan fingerprint density at radius 3 is 2.40 bits per heavy atom. The van der Waals surface area contributed by atoms with Crippen molar-refractivity contribution >= 4 is 23.2 Å². The Balaban J connectivity index is 2.09. The highest BCUT2D eigenvalue weighted by Crippen LogP contribution is 2.25. The Morgan fingerprint density at radius 1 is 1.08 bits per heavy atom. The fraction of sp³-hybridized carbons (Fsp3) is 0.263. The number of hydrogen-bond acceptors (Lipinski definition) is 4. The van der Waals surface area contributed by atoms with Crippen molar-refractivity contribution in [3.8, 4) is 5.75 Å². The van der Waals surface area contributed by atoms with Gasteiger partial charge in [-0.2, -0.15) is 0 Å². The van der Waals surface area contributed by atoms with E-state index in [4.69, 9.17) is 10.5 Å². The molecule has 6 nitrogen and oxygen atoms in total. The lowest BCUT2D eigenvalue weighted by Crippen LogP contribution is -2.23. The number of aryl methyl sites for hydroxylation is 2. The summed E-state index contributed by atoms with van der Waals surface area (Å²) in [6.45, 7) is 3.87. The minimum absolute atomic E-state index is 0.129. The van der Waals surface area contributed by atoms with Crippen LogP contribution in [0.3, 0.4) is 0 Å². The minimum Gasteiger partial charge on any atom is -0.484 e. The van der Waals surface area contributed by atoms with E-state index in [0.29, 0.717) is 17.0 Å². The standard InChI is InChI=1S/C19H23N3O3/c1-12-5-7-15(9-13(12)2)25-11-18(23)21-16-10-14(19(20)24)6-8-17(16)22(3)4/h5-10H,11H2,1-4H3,(H2,20,24)(H,21,23). The second-order valence-corrected chi connectivity index (χ2v) is 6.07. The number of carbonyl (C=O) groups excluding carboxylic acids is 2. The summed E-state index contributed by atoms with van der Waals surface area (Å²) in [4.78, 5) is 25.4. The van der Waals surface area contributed by atoms with E-state index < -0.39 is 5.91 Å². The summed E-state index contributed by atoms with van der Waals surface area (Å²) in [6.07, 6.45) is 0. The average molecular weight is 341 g/mol. The molecule has 0 aliphatic carbocycles. The zero-order valence-electron chi connectivity index (χ0n) is 14.9. The predicted octanol–water partition coefficient (Wildman–Crippen LogP) is 2.49. The number of ether oxygens (including phenoxy) is 1. The molecule has 2 aromatic rings. The molecule has 0 fully saturated rings. The van der Waals surface area contributed by atoms with E-state index in [1.165, 1.54) is 0 Å². The van der Waals surface area contributed by atoms with Gasteiger partial charge in [0.25, 0.3) is 5.91 Å². The van der Waals surface area contributed by atoms with Crippen LogP contribution in [0.5, 0.6) is 5.75 Å². The van der Waals surface area contributed by atoms with Gasteiger partial charge in [-0.1, -0.05) is 6.07 Å². The third kappa shape index (κ3) is 4.73. The van der Waals surface area contributed by atoms with Crippen molar-refractivity contribution < 1.29 is 14.3 Å². The molecule has 0 heterocycles. The molecule has 2 rings (SSSR count). The van der Waals surface area contributed by atoms with E-state index in [9.17, 15) is 9.59 Å². The van der Waals surface area contributed by atoms with Crippen LogP contribution in [0.1, 0.15) is 21.5 Å². The van der Waals surface area contributed by atoms with Gasteiger partial charge in [-0.3, -0.25) is 9.59 Å². The molecule has 132 valence electrons. The lowest BCUT2D eigenvalue weighted by Gasteiger charge is -2.18. The first-order valence-electron chi connectivity index (χ1n) is 7.89. The lowest BCUT2D eigenvalue weighted by atomic mass is 10.1. The summed E-state index contributed by atoms with van der Waals surface area (Å²) in [7, 11) is 3.70. The second kappa shape index (κ2) is 7.70. The number of hydrogen-bond donors (Lipinski definition) is 2. The smallest absolute Gasteiger partial charge is 0.262 e. The molecule has 2 amide bonds. The van der Waals surface area contributed by atoms with Crippen molar-refractivity contribution in [1.29, 1.82) is 0 Å². The van der Waals surface area contributed by atoms with Gasteiger partial charge in [0.15, 0.2) is 6.61 Å². The molecule has 0 aromatic heterocycles. The van der Waals surface area contributed by atoms with Crippen LogP contribution in [-0.4, -0.2) is 32.5 Å². The number of amides is 2. The third-order valence-electron chi connectivity index (χ3n) is 3.89. The van der Waals surface area contributed by atoms with Crippen molar-refractivity contribution in [2.45, 2.75) is 13.8 Å². The van der Waals surface area contributed by atoms with Gasteiger partial charge in [0, 0.05) is 19.7 Å². The van der Waals surface area contributed by atoms with Crippen molar-refractivity contribution in [3.63, 3.8) is 0 Å². The molecule has 0 saturated carbocycles. The third-order valence-corrected chi connectivity index (χ3v) is 3.89. The zero-order valence-corrected chi connectivity index (χ0v) is 14.9. The molecule has 0 spiro atoms. The second-order valence-electron chi connectivity index (χ2n) is 6.07. The number of carbonyl (C=O) groups is 2. The summed E-state index contributed by atoms with van der Waals surface area (Å²) in [5.74, 6) is -0.230. The molecule has 6 heteroatoms. The molecule has 0 radical (unpaired) electrons. The van der Waals surface area contributed by atoms with Crippen LogP contribution in [0.4, 0.5) is 11.4 Å². The first-order chi connectivity index (χ1) is 11.8. The summed E-state index contributed by atoms with van der Waals surface area (Å²) in [6, 6.07) is 10.6. The SMILES string of the molecule is Cc1ccc(OCC(=O)Nc2cc(C(N)=O)ccc2N(C)C)cc1C. The number of primary amides is 1. The van der Waals surface area contributed by atoms with Crippen LogP contribution >= 0.6 is 0 Å². The lowest BCUT2D eigenvalue weighted by molar-refractivity contribution is -0.118. The molecule has 2 aromatic carbocycles. The van der Waals surface area contributed by atoms with Crippen LogP contribution < -0.4 is 20.7 Å². The summed E-state index contributed by atoms with van der Waals surface area (Å²) in [5.41, 5.74) is 9.18. The normalized spacial score (nSPS) is 10.2. The Hall–Kier alpha value is -3.02. The summed E-state index contributed by atoms with van der Waals surface area (Å²) < 4.78 is 5.54. The molecule has 3 N–H and O–H groups in total. The maximum Gasteiger partial charge on any atom is 0.262 e. The monoisotopic (exact) mass is 341 g/mol. The van der Waals surface area contributed by atoms with Crippen LogP contribution in [-0.2, 0) is 4.79 Å². The average Bonchev–Trinajstić information content (AvgIpc) is 2.55. The van der Waals surface area contributed by atoms with Crippen molar-refractivity contribution in [1.82, 2.24) is 0 Å². The van der Waals surface area contributed by atoms with Gasteiger partial charge in [-0.05, 0) is 55.3 Å². The van der Waals surface area contributed by atoms with Gasteiger partial charge >= 0.3 is 0 Å². The van der Waals surface area contributed by atoms with E-state index in [2.05, 4.69) is 5.32 Å². The Kier molecular flexibility index (Phi) is 5.64. The Bertz CT molecular complexity index is 800. The fourth-order valence-corrected chi connectivity index (χ4v) is 2.32. The molecular formula is C19H23N3O3. The molecular weight excluding hydrogens is 318 g/mol. The molecule has 0 saturated heterocycles. The Labute approximate surface area is 147 Å². The van der Waals surface area contributed by atoms with E-state index >= 15 is 0 Å². The predicted molar refractivity (Wildman–Crippen MR) is 99.3 cm³/mol. The largest absolute Gasteiger partial charge is 0.484 e. The number of anilines is 2. The van der Waals surface area contributed by atoms with Gasteiger partial charge in [0.1, 0.15) is 5.75 Å². The Morgan fingerprint density at radius 2 is 1.80 bits per heavy atom. The quantitative estimate of drug-likeness (QED) is 0.845. The van der Waals surface area contributed by atoms with Crippen molar-refractivity contribution in [2.75, 3.05) is 30.9 Å². The summed E-state index contributed by atoms with van der Waals surface area (Å²) >= 11 is 0. The highest BCUT2D eigenvalue weighted by molar-refractivity contribution is 5.99. The van der Waals surface area contributed by atoms with Crippen LogP contribution in [0, 0.1) is 13.8 Å². The molecule has 0 bridgehead atoms. The van der Waals surface area contributed by atoms with E-state index in [-0.39, 0.29) is 12.5 Å². The molecule has 25 heavy (non-hydrogen) atoms. The maximum absolute atomic E-state index is 12.2. The highest BCUT2D eigenvalue weighted by Gasteiger charge is 2.12. The van der Waals surface area contributed by atoms with E-state index in [1.807, 2.05) is 51.0 Å². The molecule has 0 unspecified atom stereocenters. The molecule has 0 aliphatic heterocycles. The van der Waals surface area contributed by atoms with Crippen molar-refractivity contribution in [2.24, 2.45) is 5.73 Å². The first kappa shape index (κ1) is 18.3. The number of rotatable bonds is 6. The number of benzene rings is 2. The maximum atomic E-state index is 12.2. The highest BCUT2D eigenvalue weighted by atomic mass is 16.5. The number of nitrogens with zero attached hydrogens (tertiary/aromatic N) is 1. The fourth-order valence-electron chi connectivity index (χ4n) is 2.32. The molecule has 0 aliphatic rings. The first-order valence-corrected chi connectivity index (χ1v) is 7.89. The van der Waals surface area contributed by atoms with Gasteiger partial charge in [-0.25, -0.2) is 0 Å². The zero-order chi connectivity index (χ0) is 18.6. The van der Waals surface area contributed by atoms with E-state index in [1.54, 1.807) is 18.2 Å². The van der Waals surface area contributed by atoms with Crippen LogP contribution in [0.2, 0.25) is 0 Å². The van der Waals surface area contributed by atoms with Gasteiger partial charge < -0.3 is 20.7 Å². The van der Waals surface area contributed by atoms with Crippen LogP contribution in [0.25, 0.3) is 0 Å². The number of nitrogens with two attached hydrogens (primary N) is 1. The minimum atomic E-state index is -0.549. The van der Waals surface area contributed by atoms with Gasteiger partial charge in [-0.15, -0.1) is 0 Å². The summed E-state index contributed by atoms with van der Waals surface area (Å²) in [5, 5.41) is 2.77. The van der Waals surface area contributed by atoms with Crippen molar-refractivity contribution in [3.05, 3.63) is 53.1 Å². The van der Waals surface area contributed by atoms with Gasteiger partial charge in [0.05, 0.1) is 11.4 Å². The van der Waals surface area contributed by atoms with Crippen LogP contribution in [0.15, 0.2) is 36.4 Å². The number of nitrogens with one attached hydrogen (secondary N) is 1. The topological polar surface area (TPSA) is 84.7 Å².